The molecule has 0 fully saturated rings. The van der Waals surface area contributed by atoms with E-state index >= 15 is 0 Å². The van der Waals surface area contributed by atoms with E-state index in [-0.39, 0.29) is 27.6 Å². The molecule has 0 saturated carbocycles. The Morgan fingerprint density at radius 1 is 1.00 bits per heavy atom. The van der Waals surface area contributed by atoms with Crippen LogP contribution < -0.4 is 0 Å². The van der Waals surface area contributed by atoms with Crippen LogP contribution in [0.15, 0.2) is 52.9 Å². The number of benzene rings is 3. The fourth-order valence-electron chi connectivity index (χ4n) is 3.45. The van der Waals surface area contributed by atoms with E-state index in [1.54, 1.807) is 30.3 Å². The van der Waals surface area contributed by atoms with Crippen LogP contribution in [0.5, 0.6) is 11.5 Å². The third kappa shape index (κ3) is 2.14. The molecule has 0 aliphatic heterocycles. The van der Waals surface area contributed by atoms with E-state index in [0.717, 1.165) is 0 Å². The zero-order chi connectivity index (χ0) is 19.5. The first kappa shape index (κ1) is 16.7. The number of ketones is 1. The van der Waals surface area contributed by atoms with Gasteiger partial charge in [-0.2, -0.15) is 0 Å². The van der Waals surface area contributed by atoms with E-state index < -0.39 is 34.9 Å². The summed E-state index contributed by atoms with van der Waals surface area (Å²) in [6.45, 7) is 0. The summed E-state index contributed by atoms with van der Waals surface area (Å²) in [5.41, 5.74) is -1.58. The van der Waals surface area contributed by atoms with E-state index in [4.69, 9.17) is 0 Å². The number of nitrogens with zero attached hydrogens (tertiary/aromatic N) is 1. The van der Waals surface area contributed by atoms with Crippen molar-refractivity contribution in [3.63, 3.8) is 0 Å². The number of phenols is 2. The number of rotatable bonds is 1. The van der Waals surface area contributed by atoms with Gasteiger partial charge in [-0.1, -0.05) is 24.3 Å². The number of aliphatic hydroxyl groups excluding tert-OH is 2. The second-order valence-electron chi connectivity index (χ2n) is 6.12. The Bertz CT molecular complexity index is 1230. The zero-order valence-electron chi connectivity index (χ0n) is 13.5. The van der Waals surface area contributed by atoms with E-state index in [0.29, 0.717) is 10.8 Å². The monoisotopic (exact) mass is 365 g/mol. The van der Waals surface area contributed by atoms with Crippen LogP contribution in [0.4, 0.5) is 0 Å². The maximum atomic E-state index is 12.6. The third-order valence-electron chi connectivity index (χ3n) is 4.69. The molecule has 1 amide bonds. The largest absolute Gasteiger partial charge is 0.508 e. The van der Waals surface area contributed by atoms with Crippen molar-refractivity contribution in [2.45, 2.75) is 6.10 Å². The quantitative estimate of drug-likeness (QED) is 0.295. The van der Waals surface area contributed by atoms with Crippen LogP contribution >= 0.6 is 0 Å². The summed E-state index contributed by atoms with van der Waals surface area (Å²) in [6, 6.07) is 9.68. The van der Waals surface area contributed by atoms with Crippen molar-refractivity contribution in [3.8, 4) is 11.5 Å². The van der Waals surface area contributed by atoms with Gasteiger partial charge in [-0.25, -0.2) is 0 Å². The molecular formula is C19H11NO7. The topological polar surface area (TPSA) is 144 Å². The van der Waals surface area contributed by atoms with E-state index in [9.17, 15) is 34.9 Å². The average molecular weight is 365 g/mol. The van der Waals surface area contributed by atoms with Crippen molar-refractivity contribution in [2.24, 2.45) is 5.18 Å². The normalized spacial score (nSPS) is 16.6. The molecule has 0 saturated heterocycles. The molecule has 1 atom stereocenters. The van der Waals surface area contributed by atoms with Crippen molar-refractivity contribution in [2.75, 3.05) is 0 Å². The number of phenolic OH excluding ortho intramolecular Hbond substituents is 2. The number of Topliss-reactive ketones (excluding diaryl/α,β-unsaturated/α-hetero) is 1. The summed E-state index contributed by atoms with van der Waals surface area (Å²) in [5, 5.41) is 45.0. The summed E-state index contributed by atoms with van der Waals surface area (Å²) < 4.78 is 0. The summed E-state index contributed by atoms with van der Waals surface area (Å²) in [4.78, 5) is 34.7. The predicted molar refractivity (Wildman–Crippen MR) is 94.5 cm³/mol. The molecule has 1 unspecified atom stereocenters. The zero-order valence-corrected chi connectivity index (χ0v) is 13.5. The third-order valence-corrected chi connectivity index (χ3v) is 4.69. The Balaban J connectivity index is 2.12. The van der Waals surface area contributed by atoms with E-state index in [1.807, 2.05) is 0 Å². The Morgan fingerprint density at radius 3 is 2.41 bits per heavy atom. The van der Waals surface area contributed by atoms with Crippen LogP contribution in [-0.2, 0) is 4.79 Å². The van der Waals surface area contributed by atoms with Crippen LogP contribution in [0.25, 0.3) is 21.5 Å². The van der Waals surface area contributed by atoms with Gasteiger partial charge in [0.1, 0.15) is 28.9 Å². The number of carbonyl (C=O) groups is 2. The number of aliphatic hydroxyl groups is 2. The minimum Gasteiger partial charge on any atom is -0.508 e. The smallest absolute Gasteiger partial charge is 0.324 e. The van der Waals surface area contributed by atoms with Crippen molar-refractivity contribution >= 4 is 33.2 Å². The molecule has 8 nitrogen and oxygen atoms in total. The Hall–Kier alpha value is -3.78. The number of hydrogen-bond acceptors (Lipinski definition) is 7. The number of nitroso groups, excluding NO2 is 1. The van der Waals surface area contributed by atoms with Gasteiger partial charge < -0.3 is 20.4 Å². The van der Waals surface area contributed by atoms with Crippen molar-refractivity contribution in [1.29, 1.82) is 0 Å². The van der Waals surface area contributed by atoms with Gasteiger partial charge in [0.15, 0.2) is 0 Å². The highest BCUT2D eigenvalue weighted by molar-refractivity contribution is 6.29. The number of fused-ring (bicyclic) bond motifs is 3. The van der Waals surface area contributed by atoms with Gasteiger partial charge in [0.05, 0.1) is 5.39 Å². The van der Waals surface area contributed by atoms with Crippen LogP contribution in [0.2, 0.25) is 0 Å². The van der Waals surface area contributed by atoms with Gasteiger partial charge in [0, 0.05) is 21.7 Å². The number of aromatic hydroxyl groups is 2. The first-order valence-corrected chi connectivity index (χ1v) is 7.80. The number of amides is 1. The molecule has 4 rings (SSSR count). The predicted octanol–water partition coefficient (Wildman–Crippen LogP) is 2.74. The fraction of sp³-hybridized carbons (Fsp3) is 0.0526. The summed E-state index contributed by atoms with van der Waals surface area (Å²) in [6.07, 6.45) is -1.94. The molecule has 4 N–H and O–H groups in total. The van der Waals surface area contributed by atoms with Gasteiger partial charge in [-0.3, -0.25) is 9.59 Å². The van der Waals surface area contributed by atoms with E-state index in [1.165, 1.54) is 6.07 Å². The molecule has 134 valence electrons. The van der Waals surface area contributed by atoms with Crippen molar-refractivity contribution in [3.05, 3.63) is 63.8 Å². The lowest BCUT2D eigenvalue weighted by atomic mass is 9.83. The highest BCUT2D eigenvalue weighted by Crippen LogP contribution is 2.47. The molecule has 1 aliphatic rings. The van der Waals surface area contributed by atoms with Crippen LogP contribution in [0.1, 0.15) is 22.0 Å². The minimum absolute atomic E-state index is 0.0182. The SMILES string of the molecule is O=NC(=O)C1=C(O)C(O)c2c(cc3cc4ccccc4c(O)c3c2O)C1=O. The van der Waals surface area contributed by atoms with Crippen LogP contribution in [-0.4, -0.2) is 32.1 Å². The molecule has 0 spiro atoms. The molecule has 0 heterocycles. The molecule has 1 aliphatic carbocycles. The van der Waals surface area contributed by atoms with Gasteiger partial charge in [0.25, 0.3) is 0 Å². The van der Waals surface area contributed by atoms with Gasteiger partial charge in [0.2, 0.25) is 5.78 Å². The van der Waals surface area contributed by atoms with Crippen LogP contribution in [0, 0.1) is 4.91 Å². The molecule has 3 aromatic carbocycles. The van der Waals surface area contributed by atoms with Crippen LogP contribution in [0.3, 0.4) is 0 Å². The van der Waals surface area contributed by atoms with Crippen molar-refractivity contribution < 1.29 is 30.0 Å². The fourth-order valence-corrected chi connectivity index (χ4v) is 3.45. The highest BCUT2D eigenvalue weighted by Gasteiger charge is 2.39. The van der Waals surface area contributed by atoms with E-state index in [2.05, 4.69) is 5.18 Å². The van der Waals surface area contributed by atoms with Gasteiger partial charge in [-0.15, -0.1) is 4.91 Å². The molecular weight excluding hydrogens is 354 g/mol. The molecule has 3 aromatic rings. The summed E-state index contributed by atoms with van der Waals surface area (Å²) >= 11 is 0. The first-order valence-electron chi connectivity index (χ1n) is 7.80. The second-order valence-corrected chi connectivity index (χ2v) is 6.12. The standard InChI is InChI=1S/C19H11NO7/c21-14-9-4-2-1-3-7(9)5-8-6-10-12(16(23)11(8)14)17(24)18(25)13(15(10)22)19(26)20-27/h1-6,17,21,23-25H. The molecule has 0 bridgehead atoms. The number of hydrogen-bond donors (Lipinski definition) is 4. The lowest BCUT2D eigenvalue weighted by Gasteiger charge is -2.24. The first-order chi connectivity index (χ1) is 12.9. The maximum absolute atomic E-state index is 12.6. The minimum atomic E-state index is -1.94. The average Bonchev–Trinajstić information content (AvgIpc) is 2.66. The number of carbonyl (C=O) groups excluding carboxylic acids is 2. The summed E-state index contributed by atoms with van der Waals surface area (Å²) in [5.74, 6) is -4.52. The maximum Gasteiger partial charge on any atom is 0.324 e. The lowest BCUT2D eigenvalue weighted by Crippen LogP contribution is -2.24. The lowest BCUT2D eigenvalue weighted by molar-refractivity contribution is -0.114. The Kier molecular flexibility index (Phi) is 3.47. The molecule has 27 heavy (non-hydrogen) atoms. The molecule has 8 heteroatoms. The molecule has 0 aromatic heterocycles. The highest BCUT2D eigenvalue weighted by atomic mass is 16.3. The Labute approximate surface area is 150 Å². The van der Waals surface area contributed by atoms with Crippen molar-refractivity contribution in [1.82, 2.24) is 0 Å². The van der Waals surface area contributed by atoms with Gasteiger partial charge in [-0.05, 0) is 22.9 Å². The summed E-state index contributed by atoms with van der Waals surface area (Å²) in [7, 11) is 0. The van der Waals surface area contributed by atoms with Gasteiger partial charge >= 0.3 is 5.91 Å². The second kappa shape index (κ2) is 5.61. The Morgan fingerprint density at radius 2 is 1.70 bits per heavy atom. The molecule has 0 radical (unpaired) electrons.